The molecule has 0 radical (unpaired) electrons. The van der Waals surface area contributed by atoms with Gasteiger partial charge in [0.05, 0.1) is 26.7 Å². The predicted octanol–water partition coefficient (Wildman–Crippen LogP) is 7.83. The van der Waals surface area contributed by atoms with Gasteiger partial charge in [0.2, 0.25) is 0 Å². The number of hydrazone groups is 1. The maximum absolute atomic E-state index is 13.0. The lowest BCUT2D eigenvalue weighted by Crippen LogP contribution is -2.53. The van der Waals surface area contributed by atoms with Gasteiger partial charge < -0.3 is 4.90 Å². The fourth-order valence-electron chi connectivity index (χ4n) is 3.58. The van der Waals surface area contributed by atoms with Crippen molar-refractivity contribution in [3.05, 3.63) is 27.7 Å². The first-order chi connectivity index (χ1) is 13.4. The lowest BCUT2D eigenvalue weighted by molar-refractivity contribution is -0.137. The Labute approximate surface area is 189 Å². The minimum Gasteiger partial charge on any atom is -0.359 e. The van der Waals surface area contributed by atoms with E-state index < -0.39 is 21.5 Å². The fourth-order valence-corrected chi connectivity index (χ4v) is 4.78. The van der Waals surface area contributed by atoms with E-state index in [9.17, 15) is 13.2 Å². The molecule has 0 aromatic heterocycles. The summed E-state index contributed by atoms with van der Waals surface area (Å²) < 4.78 is 37.9. The van der Waals surface area contributed by atoms with Crippen LogP contribution in [-0.4, -0.2) is 28.2 Å². The van der Waals surface area contributed by atoms with Gasteiger partial charge in [0.15, 0.2) is 0 Å². The lowest BCUT2D eigenvalue weighted by Gasteiger charge is -2.47. The van der Waals surface area contributed by atoms with E-state index >= 15 is 0 Å². The molecule has 1 saturated carbocycles. The molecule has 0 spiro atoms. The third-order valence-corrected chi connectivity index (χ3v) is 7.23. The van der Waals surface area contributed by atoms with Crippen LogP contribution in [0.5, 0.6) is 0 Å². The molecule has 0 saturated heterocycles. The first-order valence-corrected chi connectivity index (χ1v) is 10.9. The molecular weight excluding hydrogens is 469 g/mol. The minimum atomic E-state index is -4.55. The van der Waals surface area contributed by atoms with Crippen molar-refractivity contribution in [1.82, 2.24) is 4.90 Å². The lowest BCUT2D eigenvalue weighted by atomic mass is 9.73. The van der Waals surface area contributed by atoms with E-state index in [0.29, 0.717) is 25.3 Å². The molecule has 1 aliphatic rings. The van der Waals surface area contributed by atoms with Gasteiger partial charge in [-0.2, -0.15) is 18.3 Å². The molecule has 0 bridgehead atoms. The highest BCUT2D eigenvalue weighted by molar-refractivity contribution is 6.50. The summed E-state index contributed by atoms with van der Waals surface area (Å²) in [5, 5.41) is 4.16. The fraction of sp³-hybridized carbons (Fsp3) is 0.632. The minimum absolute atomic E-state index is 0.0974. The van der Waals surface area contributed by atoms with Gasteiger partial charge in [-0.15, -0.1) is 23.2 Å². The first kappa shape index (κ1) is 24.7. The maximum atomic E-state index is 13.0. The molecule has 0 heterocycles. The van der Waals surface area contributed by atoms with Gasteiger partial charge in [-0.1, -0.05) is 36.0 Å². The quantitative estimate of drug-likeness (QED) is 0.196. The average Bonchev–Trinajstić information content (AvgIpc) is 2.61. The molecule has 1 aromatic rings. The zero-order chi connectivity index (χ0) is 22.0. The van der Waals surface area contributed by atoms with Gasteiger partial charge in [0.25, 0.3) is 0 Å². The summed E-state index contributed by atoms with van der Waals surface area (Å²) >= 11 is 25.5. The third kappa shape index (κ3) is 5.20. The summed E-state index contributed by atoms with van der Waals surface area (Å²) in [6.07, 6.45) is -1.34. The highest BCUT2D eigenvalue weighted by Crippen LogP contribution is 2.52. The number of hydrogen-bond acceptors (Lipinski definition) is 2. The predicted molar refractivity (Wildman–Crippen MR) is 116 cm³/mol. The summed E-state index contributed by atoms with van der Waals surface area (Å²) in [6.45, 7) is 7.23. The third-order valence-electron chi connectivity index (χ3n) is 5.42. The largest absolute Gasteiger partial charge is 0.416 e. The number of anilines is 1. The Morgan fingerprint density at radius 1 is 1.10 bits per heavy atom. The molecule has 3 nitrogen and oxygen atoms in total. The molecule has 10 heteroatoms. The summed E-state index contributed by atoms with van der Waals surface area (Å²) in [7, 11) is 0. The van der Waals surface area contributed by atoms with Crippen LogP contribution in [0.25, 0.3) is 0 Å². The molecule has 1 aromatic carbocycles. The topological polar surface area (TPSA) is 27.6 Å². The number of alkyl halides is 5. The van der Waals surface area contributed by atoms with Crippen molar-refractivity contribution in [1.29, 1.82) is 0 Å². The van der Waals surface area contributed by atoms with Crippen LogP contribution in [0.1, 0.15) is 52.0 Å². The van der Waals surface area contributed by atoms with Crippen molar-refractivity contribution in [2.24, 2.45) is 10.5 Å². The van der Waals surface area contributed by atoms with Crippen molar-refractivity contribution in [3.63, 3.8) is 0 Å². The normalized spacial score (nSPS) is 22.5. The summed E-state index contributed by atoms with van der Waals surface area (Å²) in [5.41, 5.74) is 1.28. The van der Waals surface area contributed by atoms with Crippen molar-refractivity contribution in [2.75, 3.05) is 18.5 Å². The van der Waals surface area contributed by atoms with Crippen LogP contribution >= 0.6 is 46.4 Å². The molecule has 2 rings (SSSR count). The smallest absolute Gasteiger partial charge is 0.359 e. The summed E-state index contributed by atoms with van der Waals surface area (Å²) in [6, 6.07) is 1.64. The van der Waals surface area contributed by atoms with Crippen LogP contribution in [0.2, 0.25) is 10.0 Å². The van der Waals surface area contributed by atoms with E-state index in [4.69, 9.17) is 46.4 Å². The first-order valence-electron chi connectivity index (χ1n) is 9.40. The number of rotatable bonds is 5. The monoisotopic (exact) mass is 491 g/mol. The van der Waals surface area contributed by atoms with Crippen molar-refractivity contribution < 1.29 is 13.2 Å². The van der Waals surface area contributed by atoms with Gasteiger partial charge in [0, 0.05) is 13.1 Å². The van der Waals surface area contributed by atoms with Gasteiger partial charge in [-0.25, -0.2) is 0 Å². The molecule has 1 unspecified atom stereocenters. The van der Waals surface area contributed by atoms with Gasteiger partial charge in [-0.3, -0.25) is 5.43 Å². The molecule has 0 amide bonds. The van der Waals surface area contributed by atoms with Gasteiger partial charge in [-0.05, 0) is 45.7 Å². The number of nitrogens with zero attached hydrogens (tertiary/aromatic N) is 2. The zero-order valence-corrected chi connectivity index (χ0v) is 19.5. The van der Waals surface area contributed by atoms with E-state index in [1.807, 2.05) is 25.7 Å². The van der Waals surface area contributed by atoms with Crippen LogP contribution in [0.15, 0.2) is 17.2 Å². The number of halogens is 7. The van der Waals surface area contributed by atoms with Crippen LogP contribution in [0.4, 0.5) is 18.9 Å². The molecule has 1 atom stereocenters. The second-order valence-corrected chi connectivity index (χ2v) is 9.57. The van der Waals surface area contributed by atoms with E-state index in [0.717, 1.165) is 31.4 Å². The molecular formula is C19H24Cl4F3N3. The number of nitrogens with one attached hydrogen (secondary N) is 1. The Balaban J connectivity index is 2.49. The van der Waals surface area contributed by atoms with E-state index in [1.165, 1.54) is 0 Å². The van der Waals surface area contributed by atoms with Gasteiger partial charge in [0.1, 0.15) is 10.2 Å². The second-order valence-electron chi connectivity index (χ2n) is 7.28. The standard InChI is InChI=1S/C19H24Cl4F3N3/c1-4-29(5-2)16(17(3)8-6-7-9-18(17,22)23)28-27-15-13(20)10-12(11-14(15)21)19(24,25)26/h10-11,27H,4-9H2,1-3H3/b28-16-. The summed E-state index contributed by atoms with van der Waals surface area (Å²) in [5.74, 6) is 0.624. The second kappa shape index (κ2) is 9.29. The highest BCUT2D eigenvalue weighted by atomic mass is 35.5. The van der Waals surface area contributed by atoms with Crippen LogP contribution in [-0.2, 0) is 6.18 Å². The molecule has 1 N–H and O–H groups in total. The Morgan fingerprint density at radius 2 is 1.62 bits per heavy atom. The van der Waals surface area contributed by atoms with Crippen LogP contribution in [0.3, 0.4) is 0 Å². The van der Waals surface area contributed by atoms with Crippen molar-refractivity contribution in [2.45, 2.75) is 57.0 Å². The van der Waals surface area contributed by atoms with E-state index in [-0.39, 0.29) is 15.7 Å². The van der Waals surface area contributed by atoms with Crippen LogP contribution < -0.4 is 5.43 Å². The van der Waals surface area contributed by atoms with E-state index in [2.05, 4.69) is 10.5 Å². The molecule has 164 valence electrons. The Kier molecular flexibility index (Phi) is 7.92. The Morgan fingerprint density at radius 3 is 2.07 bits per heavy atom. The molecule has 1 aliphatic carbocycles. The average molecular weight is 493 g/mol. The molecule has 1 fully saturated rings. The van der Waals surface area contributed by atoms with E-state index in [1.54, 1.807) is 0 Å². The Bertz CT molecular complexity index is 741. The molecule has 29 heavy (non-hydrogen) atoms. The highest BCUT2D eigenvalue weighted by Gasteiger charge is 2.52. The number of benzene rings is 1. The SMILES string of the molecule is CCN(CC)/C(=N\Nc1c(Cl)cc(C(F)(F)F)cc1Cl)C1(C)CCCCC1(Cl)Cl. The molecule has 0 aliphatic heterocycles. The Hall–Kier alpha value is -0.560. The van der Waals surface area contributed by atoms with Crippen molar-refractivity contribution in [3.8, 4) is 0 Å². The van der Waals surface area contributed by atoms with Gasteiger partial charge >= 0.3 is 6.18 Å². The zero-order valence-electron chi connectivity index (χ0n) is 16.4. The number of amidine groups is 1. The van der Waals surface area contributed by atoms with Crippen LogP contribution in [0, 0.1) is 5.41 Å². The summed E-state index contributed by atoms with van der Waals surface area (Å²) in [4.78, 5) is 2.02. The maximum Gasteiger partial charge on any atom is 0.416 e. The van der Waals surface area contributed by atoms with Crippen molar-refractivity contribution >= 4 is 57.9 Å². The number of hydrogen-bond donors (Lipinski definition) is 1.